The van der Waals surface area contributed by atoms with Crippen molar-refractivity contribution in [3.05, 3.63) is 35.9 Å². The topological polar surface area (TPSA) is 258 Å². The largest absolute Gasteiger partial charge is 0.480 e. The third-order valence-corrected chi connectivity index (χ3v) is 6.15. The summed E-state index contributed by atoms with van der Waals surface area (Å²) < 4.78 is 29.5. The first-order chi connectivity index (χ1) is 19.8. The van der Waals surface area contributed by atoms with E-state index in [0.29, 0.717) is 12.0 Å². The van der Waals surface area contributed by atoms with E-state index in [0.717, 1.165) is 0 Å². The van der Waals surface area contributed by atoms with Crippen molar-refractivity contribution in [1.82, 2.24) is 16.0 Å². The first kappa shape index (κ1) is 35.7. The van der Waals surface area contributed by atoms with Crippen molar-refractivity contribution < 1.29 is 37.9 Å². The van der Waals surface area contributed by atoms with Gasteiger partial charge in [-0.05, 0) is 31.2 Å². The summed E-state index contributed by atoms with van der Waals surface area (Å²) in [7, 11) is 0. The van der Waals surface area contributed by atoms with Crippen LogP contribution < -0.4 is 38.9 Å². The van der Waals surface area contributed by atoms with E-state index in [1.54, 1.807) is 30.3 Å². The molecule has 1 aromatic rings. The zero-order valence-electron chi connectivity index (χ0n) is 23.3. The first-order valence-corrected chi connectivity index (χ1v) is 13.3. The highest BCUT2D eigenvalue weighted by Gasteiger charge is 2.38. The van der Waals surface area contributed by atoms with E-state index < -0.39 is 79.0 Å². The number of aliphatic carboxylic acids is 1. The molecule has 12 N–H and O–H groups in total. The third-order valence-electron chi connectivity index (χ3n) is 6.15. The molecular weight excluding hydrogens is 558 g/mol. The Labute approximate surface area is 242 Å². The normalized spacial score (nSPS) is 15.1. The van der Waals surface area contributed by atoms with Gasteiger partial charge in [-0.25, -0.2) is 13.6 Å². The van der Waals surface area contributed by atoms with Gasteiger partial charge in [-0.1, -0.05) is 37.3 Å². The number of carboxylic acids is 1. The fourth-order valence-electron chi connectivity index (χ4n) is 3.77. The second-order valence-corrected chi connectivity index (χ2v) is 9.57. The minimum Gasteiger partial charge on any atom is -0.480 e. The molecule has 0 saturated heterocycles. The lowest BCUT2D eigenvalue weighted by atomic mass is 10.0. The number of nitrogens with one attached hydrogen (secondary N) is 3. The maximum absolute atomic E-state index is 15.1. The minimum atomic E-state index is -2.57. The predicted molar refractivity (Wildman–Crippen MR) is 150 cm³/mol. The number of hydrogen-bond donors (Lipinski definition) is 8. The Kier molecular flexibility index (Phi) is 15.4. The molecule has 0 saturated carbocycles. The molecule has 0 heterocycles. The zero-order valence-corrected chi connectivity index (χ0v) is 23.3. The van der Waals surface area contributed by atoms with E-state index >= 15 is 4.39 Å². The van der Waals surface area contributed by atoms with Crippen LogP contribution >= 0.6 is 0 Å². The molecule has 42 heavy (non-hydrogen) atoms. The number of aliphatic imine (C=N–C) groups is 1. The highest BCUT2D eigenvalue weighted by atomic mass is 19.2. The number of guanidine groups is 1. The molecular formula is C26H40F2N8O6. The summed E-state index contributed by atoms with van der Waals surface area (Å²) in [6.07, 6.45) is -5.56. The monoisotopic (exact) mass is 598 g/mol. The number of rotatable bonds is 19. The van der Waals surface area contributed by atoms with Crippen LogP contribution in [0.4, 0.5) is 8.78 Å². The van der Waals surface area contributed by atoms with Crippen molar-refractivity contribution in [2.45, 2.75) is 82.0 Å². The molecule has 0 bridgehead atoms. The maximum atomic E-state index is 15.1. The van der Waals surface area contributed by atoms with E-state index in [2.05, 4.69) is 15.6 Å². The maximum Gasteiger partial charge on any atom is 0.326 e. The number of nitrogens with two attached hydrogens (primary N) is 4. The number of amides is 4. The summed E-state index contributed by atoms with van der Waals surface area (Å²) >= 11 is 0. The molecule has 0 radical (unpaired) electrons. The van der Waals surface area contributed by atoms with Crippen LogP contribution in [-0.2, 0) is 30.4 Å². The molecule has 0 spiro atoms. The molecule has 1 aromatic carbocycles. The van der Waals surface area contributed by atoms with Gasteiger partial charge in [0.25, 0.3) is 0 Å². The second kappa shape index (κ2) is 18.2. The molecule has 0 fully saturated rings. The molecule has 6 atom stereocenters. The van der Waals surface area contributed by atoms with Gasteiger partial charge in [0.05, 0.1) is 6.04 Å². The number of alkyl halides is 2. The highest BCUT2D eigenvalue weighted by Crippen LogP contribution is 2.14. The van der Waals surface area contributed by atoms with Crippen molar-refractivity contribution in [3.8, 4) is 0 Å². The Morgan fingerprint density at radius 3 is 2.07 bits per heavy atom. The minimum absolute atomic E-state index is 0.104. The molecule has 0 aliphatic heterocycles. The van der Waals surface area contributed by atoms with Crippen LogP contribution in [-0.4, -0.2) is 83.7 Å². The van der Waals surface area contributed by atoms with Crippen molar-refractivity contribution >= 4 is 35.6 Å². The Hall–Kier alpha value is -4.34. The van der Waals surface area contributed by atoms with Crippen LogP contribution in [0.25, 0.3) is 0 Å². The van der Waals surface area contributed by atoms with Gasteiger partial charge in [0, 0.05) is 19.4 Å². The lowest BCUT2D eigenvalue weighted by Gasteiger charge is -2.28. The fraction of sp³-hybridized carbons (Fsp3) is 0.538. The highest BCUT2D eigenvalue weighted by molar-refractivity contribution is 5.94. The molecule has 1 rings (SSSR count). The number of carbonyl (C=O) groups is 5. The second-order valence-electron chi connectivity index (χ2n) is 9.57. The lowest BCUT2D eigenvalue weighted by molar-refractivity contribution is -0.143. The average Bonchev–Trinajstić information content (AvgIpc) is 2.94. The summed E-state index contributed by atoms with van der Waals surface area (Å²) in [5, 5.41) is 16.0. The Morgan fingerprint density at radius 1 is 0.905 bits per heavy atom. The van der Waals surface area contributed by atoms with Gasteiger partial charge < -0.3 is 44.0 Å². The number of carbonyl (C=O) groups excluding carboxylic acids is 4. The lowest BCUT2D eigenvalue weighted by Crippen LogP contribution is -2.61. The van der Waals surface area contributed by atoms with Gasteiger partial charge in [0.1, 0.15) is 24.3 Å². The number of carboxylic acid groups (broad SMARTS) is 1. The Balaban J connectivity index is 3.19. The van der Waals surface area contributed by atoms with Crippen LogP contribution in [0, 0.1) is 0 Å². The summed E-state index contributed by atoms with van der Waals surface area (Å²) in [6.45, 7) is 1.53. The third kappa shape index (κ3) is 12.9. The van der Waals surface area contributed by atoms with Gasteiger partial charge in [0.2, 0.25) is 23.6 Å². The van der Waals surface area contributed by atoms with Crippen LogP contribution in [0.5, 0.6) is 0 Å². The van der Waals surface area contributed by atoms with Crippen molar-refractivity contribution in [2.24, 2.45) is 27.9 Å². The standard InChI is InChI=1S/C26H40F2N8O6/c1-2-15(27)20(28)21(24(40)34-17(25(41)42)10-11-19(30)37)36-23(39)18(13-14-7-4-3-5-8-14)35-22(38)16(29)9-6-12-33-26(31)32/h3-5,7-8,15-18,20-21H,2,6,9-13,29H2,1H3,(H2,30,37)(H,34,40)(H,35,38)(H,36,39)(H,41,42)(H4,31,32,33)/t15?,16-,17-,18-,20?,21-/m0/s1. The van der Waals surface area contributed by atoms with Gasteiger partial charge in [-0.2, -0.15) is 0 Å². The molecule has 0 aliphatic rings. The number of halogens is 2. The van der Waals surface area contributed by atoms with Gasteiger partial charge in [0.15, 0.2) is 12.1 Å². The zero-order chi connectivity index (χ0) is 31.8. The predicted octanol–water partition coefficient (Wildman–Crippen LogP) is -1.50. The summed E-state index contributed by atoms with van der Waals surface area (Å²) in [4.78, 5) is 65.6. The van der Waals surface area contributed by atoms with Gasteiger partial charge in [-0.15, -0.1) is 0 Å². The Bertz CT molecular complexity index is 1090. The van der Waals surface area contributed by atoms with Crippen molar-refractivity contribution in [1.29, 1.82) is 0 Å². The van der Waals surface area contributed by atoms with Crippen molar-refractivity contribution in [3.63, 3.8) is 0 Å². The molecule has 14 nitrogen and oxygen atoms in total. The number of primary amides is 1. The van der Waals surface area contributed by atoms with Crippen LogP contribution in [0.1, 0.15) is 44.6 Å². The number of benzene rings is 1. The smallest absolute Gasteiger partial charge is 0.326 e. The number of hydrogen-bond acceptors (Lipinski definition) is 7. The molecule has 2 unspecified atom stereocenters. The van der Waals surface area contributed by atoms with Crippen LogP contribution in [0.3, 0.4) is 0 Å². The summed E-state index contributed by atoms with van der Waals surface area (Å²) in [5.74, 6) is -5.64. The SMILES string of the molecule is CCC(F)C(F)[C@H](NC(=O)[C@H](Cc1ccccc1)NC(=O)[C@@H](N)CCCN=C(N)N)C(=O)N[C@@H](CCC(N)=O)C(=O)O. The summed E-state index contributed by atoms with van der Waals surface area (Å²) in [6, 6.07) is 2.11. The molecule has 0 aromatic heterocycles. The van der Waals surface area contributed by atoms with E-state index in [-0.39, 0.29) is 31.8 Å². The fourth-order valence-corrected chi connectivity index (χ4v) is 3.77. The van der Waals surface area contributed by atoms with Crippen LogP contribution in [0.15, 0.2) is 35.3 Å². The van der Waals surface area contributed by atoms with Gasteiger partial charge >= 0.3 is 5.97 Å². The van der Waals surface area contributed by atoms with E-state index in [4.69, 9.17) is 22.9 Å². The first-order valence-electron chi connectivity index (χ1n) is 13.3. The Morgan fingerprint density at radius 2 is 1.52 bits per heavy atom. The molecule has 234 valence electrons. The summed E-state index contributed by atoms with van der Waals surface area (Å²) in [5.41, 5.74) is 22.1. The quantitative estimate of drug-likeness (QED) is 0.0523. The van der Waals surface area contributed by atoms with Crippen LogP contribution in [0.2, 0.25) is 0 Å². The van der Waals surface area contributed by atoms with E-state index in [1.165, 1.54) is 6.92 Å². The molecule has 4 amide bonds. The molecule has 0 aliphatic carbocycles. The van der Waals surface area contributed by atoms with Crippen molar-refractivity contribution in [2.75, 3.05) is 6.54 Å². The van der Waals surface area contributed by atoms with E-state index in [1.807, 2.05) is 5.32 Å². The number of nitrogens with zero attached hydrogens (tertiary/aromatic N) is 1. The average molecular weight is 599 g/mol. The van der Waals surface area contributed by atoms with Gasteiger partial charge in [-0.3, -0.25) is 24.2 Å². The molecule has 16 heteroatoms. The van der Waals surface area contributed by atoms with E-state index in [9.17, 15) is 33.5 Å².